The van der Waals surface area contributed by atoms with Gasteiger partial charge < -0.3 is 0 Å². The summed E-state index contributed by atoms with van der Waals surface area (Å²) in [4.78, 5) is 4.54. The van der Waals surface area contributed by atoms with Crippen LogP contribution in [0.15, 0.2) is 71.2 Å². The zero-order chi connectivity index (χ0) is 14.2. The molecular weight excluding hydrogens is 242 g/mol. The van der Waals surface area contributed by atoms with Gasteiger partial charge in [0.2, 0.25) is 0 Å². The fourth-order valence-electron chi connectivity index (χ4n) is 2.06. The van der Waals surface area contributed by atoms with Gasteiger partial charge >= 0.3 is 0 Å². The Hall–Kier alpha value is -2.15. The Morgan fingerprint density at radius 3 is 2.40 bits per heavy atom. The van der Waals surface area contributed by atoms with Crippen molar-refractivity contribution in [3.05, 3.63) is 77.4 Å². The van der Waals surface area contributed by atoms with Gasteiger partial charge in [0, 0.05) is 6.21 Å². The fraction of sp³-hybridized carbons (Fsp3) is 0.211. The molecule has 20 heavy (non-hydrogen) atoms. The molecule has 0 N–H and O–H groups in total. The van der Waals surface area contributed by atoms with Gasteiger partial charge in [-0.2, -0.15) is 0 Å². The maximum absolute atomic E-state index is 4.54. The summed E-state index contributed by atoms with van der Waals surface area (Å²) < 4.78 is 0. The normalized spacial score (nSPS) is 10.7. The second-order valence-electron chi connectivity index (χ2n) is 5.11. The molecule has 0 radical (unpaired) electrons. The molecule has 102 valence electrons. The molecule has 0 saturated heterocycles. The minimum absolute atomic E-state index is 0.992. The van der Waals surface area contributed by atoms with Gasteiger partial charge in [0.1, 0.15) is 0 Å². The van der Waals surface area contributed by atoms with Crippen LogP contribution in [-0.2, 0) is 6.42 Å². The molecule has 0 atom stereocenters. The molecule has 0 aliphatic rings. The van der Waals surface area contributed by atoms with Crippen molar-refractivity contribution in [2.45, 2.75) is 26.7 Å². The molecule has 0 unspecified atom stereocenters. The first kappa shape index (κ1) is 14.3. The summed E-state index contributed by atoms with van der Waals surface area (Å²) >= 11 is 0. The molecule has 0 saturated carbocycles. The van der Waals surface area contributed by atoms with Crippen molar-refractivity contribution in [1.82, 2.24) is 0 Å². The van der Waals surface area contributed by atoms with E-state index in [1.54, 1.807) is 0 Å². The first-order valence-corrected chi connectivity index (χ1v) is 7.06. The van der Waals surface area contributed by atoms with Crippen LogP contribution in [0.25, 0.3) is 0 Å². The van der Waals surface area contributed by atoms with Gasteiger partial charge in [0.25, 0.3) is 0 Å². The Morgan fingerprint density at radius 2 is 1.65 bits per heavy atom. The Labute approximate surface area is 121 Å². The molecule has 0 aliphatic carbocycles. The average molecular weight is 263 g/mol. The molecule has 1 heteroatoms. The van der Waals surface area contributed by atoms with Crippen molar-refractivity contribution in [2.75, 3.05) is 0 Å². The Balaban J connectivity index is 2.11. The van der Waals surface area contributed by atoms with Crippen molar-refractivity contribution in [3.63, 3.8) is 0 Å². The summed E-state index contributed by atoms with van der Waals surface area (Å²) in [7, 11) is 0. The van der Waals surface area contributed by atoms with Crippen LogP contribution in [0.2, 0.25) is 0 Å². The lowest BCUT2D eigenvalue weighted by atomic mass is 10.0. The van der Waals surface area contributed by atoms with Crippen molar-refractivity contribution in [2.24, 2.45) is 4.99 Å². The minimum atomic E-state index is 0.992. The summed E-state index contributed by atoms with van der Waals surface area (Å²) in [6, 6.07) is 18.5. The van der Waals surface area contributed by atoms with E-state index in [9.17, 15) is 0 Å². The molecule has 2 rings (SSSR count). The van der Waals surface area contributed by atoms with E-state index in [0.29, 0.717) is 0 Å². The zero-order valence-electron chi connectivity index (χ0n) is 12.2. The van der Waals surface area contributed by atoms with Crippen LogP contribution in [0, 0.1) is 0 Å². The summed E-state index contributed by atoms with van der Waals surface area (Å²) in [6.07, 6.45) is 6.39. The average Bonchev–Trinajstić information content (AvgIpc) is 2.47. The van der Waals surface area contributed by atoms with Crippen LogP contribution in [-0.4, -0.2) is 6.21 Å². The number of hydrogen-bond acceptors (Lipinski definition) is 1. The Bertz CT molecular complexity index is 590. The second kappa shape index (κ2) is 7.44. The van der Waals surface area contributed by atoms with Crippen LogP contribution in [0.5, 0.6) is 0 Å². The molecule has 0 spiro atoms. The van der Waals surface area contributed by atoms with Crippen LogP contribution in [0.4, 0.5) is 5.69 Å². The summed E-state index contributed by atoms with van der Waals surface area (Å²) in [5, 5.41) is 0. The molecule has 2 aromatic rings. The molecular formula is C19H21N. The topological polar surface area (TPSA) is 12.4 Å². The van der Waals surface area contributed by atoms with Crippen molar-refractivity contribution in [3.8, 4) is 0 Å². The highest BCUT2D eigenvalue weighted by molar-refractivity contribution is 5.83. The summed E-state index contributed by atoms with van der Waals surface area (Å²) in [5.74, 6) is 0. The van der Waals surface area contributed by atoms with E-state index in [1.807, 2.05) is 36.5 Å². The third kappa shape index (κ3) is 4.51. The molecule has 0 heterocycles. The van der Waals surface area contributed by atoms with Gasteiger partial charge in [0.05, 0.1) is 5.69 Å². The number of rotatable bonds is 5. The highest BCUT2D eigenvalue weighted by Gasteiger charge is 1.98. The minimum Gasteiger partial charge on any atom is -0.256 e. The molecule has 0 fully saturated rings. The number of aryl methyl sites for hydroxylation is 1. The number of aliphatic imine (C=N–C) groups is 1. The van der Waals surface area contributed by atoms with E-state index in [1.165, 1.54) is 16.7 Å². The predicted molar refractivity (Wildman–Crippen MR) is 87.9 cm³/mol. The van der Waals surface area contributed by atoms with E-state index in [-0.39, 0.29) is 0 Å². The van der Waals surface area contributed by atoms with E-state index < -0.39 is 0 Å². The van der Waals surface area contributed by atoms with Crippen molar-refractivity contribution >= 4 is 11.9 Å². The summed E-state index contributed by atoms with van der Waals surface area (Å²) in [5.41, 5.74) is 4.93. The second-order valence-corrected chi connectivity index (χ2v) is 5.11. The Kier molecular flexibility index (Phi) is 5.31. The first-order valence-electron chi connectivity index (χ1n) is 7.06. The van der Waals surface area contributed by atoms with Crippen molar-refractivity contribution < 1.29 is 0 Å². The highest BCUT2D eigenvalue weighted by atomic mass is 14.7. The third-order valence-electron chi connectivity index (χ3n) is 3.13. The van der Waals surface area contributed by atoms with Gasteiger partial charge in [0.15, 0.2) is 0 Å². The van der Waals surface area contributed by atoms with E-state index in [4.69, 9.17) is 0 Å². The quantitative estimate of drug-likeness (QED) is 0.510. The van der Waals surface area contributed by atoms with Gasteiger partial charge in [-0.1, -0.05) is 54.1 Å². The monoisotopic (exact) mass is 263 g/mol. The lowest BCUT2D eigenvalue weighted by Gasteiger charge is -2.04. The number of allylic oxidation sites excluding steroid dienone is 2. The highest BCUT2D eigenvalue weighted by Crippen LogP contribution is 2.13. The van der Waals surface area contributed by atoms with E-state index >= 15 is 0 Å². The Morgan fingerprint density at radius 1 is 0.950 bits per heavy atom. The molecule has 0 bridgehead atoms. The number of para-hydroxylation sites is 1. The van der Waals surface area contributed by atoms with Crippen LogP contribution < -0.4 is 0 Å². The summed E-state index contributed by atoms with van der Waals surface area (Å²) in [6.45, 7) is 4.28. The van der Waals surface area contributed by atoms with Crippen LogP contribution in [0.1, 0.15) is 31.4 Å². The maximum Gasteiger partial charge on any atom is 0.0629 e. The largest absolute Gasteiger partial charge is 0.256 e. The predicted octanol–water partition coefficient (Wildman–Crippen LogP) is 5.34. The van der Waals surface area contributed by atoms with E-state index in [2.05, 4.69) is 49.2 Å². The van der Waals surface area contributed by atoms with Crippen molar-refractivity contribution in [1.29, 1.82) is 0 Å². The number of nitrogens with zero attached hydrogens (tertiary/aromatic N) is 1. The SMILES string of the molecule is CC(C)=CCCc1ccccc1C=Nc1ccccc1. The molecule has 0 aliphatic heterocycles. The third-order valence-corrected chi connectivity index (χ3v) is 3.13. The van der Waals surface area contributed by atoms with Gasteiger partial charge in [-0.05, 0) is 49.9 Å². The van der Waals surface area contributed by atoms with Gasteiger partial charge in [-0.15, -0.1) is 0 Å². The van der Waals surface area contributed by atoms with Crippen LogP contribution >= 0.6 is 0 Å². The maximum atomic E-state index is 4.54. The zero-order valence-corrected chi connectivity index (χ0v) is 12.2. The number of hydrogen-bond donors (Lipinski definition) is 0. The lowest BCUT2D eigenvalue weighted by molar-refractivity contribution is 0.986. The lowest BCUT2D eigenvalue weighted by Crippen LogP contribution is -1.92. The fourth-order valence-corrected chi connectivity index (χ4v) is 2.06. The standard InChI is InChI=1S/C19H21N/c1-16(2)9-8-12-17-10-6-7-11-18(17)15-20-19-13-4-3-5-14-19/h3-7,9-11,13-15H,8,12H2,1-2H3. The van der Waals surface area contributed by atoms with E-state index in [0.717, 1.165) is 18.5 Å². The molecule has 2 aromatic carbocycles. The first-order chi connectivity index (χ1) is 9.75. The molecule has 1 nitrogen and oxygen atoms in total. The van der Waals surface area contributed by atoms with Gasteiger partial charge in [-0.3, -0.25) is 4.99 Å². The molecule has 0 aromatic heterocycles. The van der Waals surface area contributed by atoms with Crippen LogP contribution in [0.3, 0.4) is 0 Å². The smallest absolute Gasteiger partial charge is 0.0629 e. The number of benzene rings is 2. The molecule has 0 amide bonds. The van der Waals surface area contributed by atoms with Gasteiger partial charge in [-0.25, -0.2) is 0 Å².